The predicted molar refractivity (Wildman–Crippen MR) is 39.5 cm³/mol. The van der Waals surface area contributed by atoms with Gasteiger partial charge in [-0.25, -0.2) is 9.89 Å². The average Bonchev–Trinajstić information content (AvgIpc) is 2.36. The van der Waals surface area contributed by atoms with Crippen molar-refractivity contribution >= 4 is 5.97 Å². The number of esters is 1. The highest BCUT2D eigenvalue weighted by Crippen LogP contribution is 1.80. The fourth-order valence-corrected chi connectivity index (χ4v) is 0.717. The van der Waals surface area contributed by atoms with E-state index in [1.807, 2.05) is 0 Å². The molecule has 6 nitrogen and oxygen atoms in total. The van der Waals surface area contributed by atoms with Crippen molar-refractivity contribution in [1.82, 2.24) is 14.8 Å². The molecule has 0 aromatic carbocycles. The third-order valence-corrected chi connectivity index (χ3v) is 1.26. The first kappa shape index (κ1) is 8.51. The molecule has 6 heteroatoms. The van der Waals surface area contributed by atoms with Crippen LogP contribution in [-0.2, 0) is 16.1 Å². The first-order chi connectivity index (χ1) is 5.70. The van der Waals surface area contributed by atoms with Gasteiger partial charge in [-0.3, -0.25) is 9.36 Å². The van der Waals surface area contributed by atoms with E-state index >= 15 is 0 Å². The standard InChI is InChI=1S/C6H9N3O3/c1-5(10)12-3-2-9-4-7-8-6(9)11/h4H,2-3H2,1H3,(H,8,11). The van der Waals surface area contributed by atoms with Crippen LogP contribution in [-0.4, -0.2) is 27.3 Å². The number of H-pyrrole nitrogens is 1. The van der Waals surface area contributed by atoms with Crippen LogP contribution in [0.15, 0.2) is 11.1 Å². The van der Waals surface area contributed by atoms with Gasteiger partial charge in [0.25, 0.3) is 0 Å². The van der Waals surface area contributed by atoms with Gasteiger partial charge in [0.05, 0.1) is 6.54 Å². The van der Waals surface area contributed by atoms with Crippen molar-refractivity contribution < 1.29 is 9.53 Å². The van der Waals surface area contributed by atoms with Crippen molar-refractivity contribution in [3.8, 4) is 0 Å². The first-order valence-corrected chi connectivity index (χ1v) is 3.43. The number of rotatable bonds is 3. The molecule has 0 spiro atoms. The molecule has 12 heavy (non-hydrogen) atoms. The normalized spacial score (nSPS) is 9.75. The van der Waals surface area contributed by atoms with Crippen molar-refractivity contribution in [1.29, 1.82) is 0 Å². The van der Waals surface area contributed by atoms with Gasteiger partial charge in [0.2, 0.25) is 0 Å². The Bertz CT molecular complexity index is 314. The van der Waals surface area contributed by atoms with Gasteiger partial charge in [-0.1, -0.05) is 0 Å². The van der Waals surface area contributed by atoms with Gasteiger partial charge in [0.15, 0.2) is 0 Å². The Balaban J connectivity index is 2.39. The molecule has 0 fully saturated rings. The van der Waals surface area contributed by atoms with Crippen LogP contribution in [0.25, 0.3) is 0 Å². The van der Waals surface area contributed by atoms with E-state index < -0.39 is 0 Å². The molecule has 0 aliphatic heterocycles. The Hall–Kier alpha value is -1.59. The first-order valence-electron chi connectivity index (χ1n) is 3.43. The maximum absolute atomic E-state index is 10.8. The molecular weight excluding hydrogens is 162 g/mol. The van der Waals surface area contributed by atoms with Crippen molar-refractivity contribution in [3.63, 3.8) is 0 Å². The van der Waals surface area contributed by atoms with E-state index in [1.54, 1.807) is 0 Å². The second-order valence-electron chi connectivity index (χ2n) is 2.19. The van der Waals surface area contributed by atoms with Crippen molar-refractivity contribution in [2.24, 2.45) is 0 Å². The monoisotopic (exact) mass is 171 g/mol. The van der Waals surface area contributed by atoms with E-state index in [4.69, 9.17) is 0 Å². The minimum atomic E-state index is -0.355. The quantitative estimate of drug-likeness (QED) is 0.600. The Kier molecular flexibility index (Phi) is 2.62. The summed E-state index contributed by atoms with van der Waals surface area (Å²) in [5.41, 5.74) is -0.304. The van der Waals surface area contributed by atoms with E-state index in [1.165, 1.54) is 17.8 Å². The zero-order valence-corrected chi connectivity index (χ0v) is 6.61. The van der Waals surface area contributed by atoms with Gasteiger partial charge in [-0.05, 0) is 0 Å². The van der Waals surface area contributed by atoms with E-state index in [2.05, 4.69) is 14.9 Å². The average molecular weight is 171 g/mol. The zero-order valence-electron chi connectivity index (χ0n) is 6.61. The van der Waals surface area contributed by atoms with Crippen molar-refractivity contribution in [2.75, 3.05) is 6.61 Å². The number of ether oxygens (including phenoxy) is 1. The van der Waals surface area contributed by atoms with E-state index in [0.717, 1.165) is 0 Å². The molecule has 1 aromatic heterocycles. The molecule has 0 atom stereocenters. The molecule has 0 radical (unpaired) electrons. The zero-order chi connectivity index (χ0) is 8.97. The number of nitrogens with zero attached hydrogens (tertiary/aromatic N) is 2. The van der Waals surface area contributed by atoms with Crippen LogP contribution in [0.4, 0.5) is 0 Å². The highest BCUT2D eigenvalue weighted by Gasteiger charge is 1.97. The summed E-state index contributed by atoms with van der Waals surface area (Å²) in [6.45, 7) is 1.84. The Morgan fingerprint density at radius 3 is 3.08 bits per heavy atom. The number of aromatic amines is 1. The van der Waals surface area contributed by atoms with Crippen LogP contribution in [0.1, 0.15) is 6.92 Å². The Morgan fingerprint density at radius 2 is 2.58 bits per heavy atom. The van der Waals surface area contributed by atoms with Crippen LogP contribution in [0.5, 0.6) is 0 Å². The lowest BCUT2D eigenvalue weighted by atomic mass is 10.6. The Labute approximate surface area is 68.2 Å². The van der Waals surface area contributed by atoms with Crippen LogP contribution in [0.3, 0.4) is 0 Å². The largest absolute Gasteiger partial charge is 0.464 e. The summed E-state index contributed by atoms with van der Waals surface area (Å²) < 4.78 is 5.95. The number of carbonyl (C=O) groups excluding carboxylic acids is 1. The second kappa shape index (κ2) is 3.70. The molecule has 0 aliphatic rings. The fourth-order valence-electron chi connectivity index (χ4n) is 0.717. The predicted octanol–water partition coefficient (Wildman–Crippen LogP) is -0.865. The van der Waals surface area contributed by atoms with Crippen LogP contribution >= 0.6 is 0 Å². The van der Waals surface area contributed by atoms with Gasteiger partial charge in [0, 0.05) is 6.92 Å². The van der Waals surface area contributed by atoms with Gasteiger partial charge in [-0.15, -0.1) is 0 Å². The highest BCUT2D eigenvalue weighted by molar-refractivity contribution is 5.65. The van der Waals surface area contributed by atoms with Gasteiger partial charge in [-0.2, -0.15) is 5.10 Å². The molecule has 0 saturated carbocycles. The molecule has 0 amide bonds. The molecule has 1 heterocycles. The molecule has 66 valence electrons. The summed E-state index contributed by atoms with van der Waals surface area (Å²) in [4.78, 5) is 21.1. The third-order valence-electron chi connectivity index (χ3n) is 1.26. The second-order valence-corrected chi connectivity index (χ2v) is 2.19. The van der Waals surface area contributed by atoms with E-state index in [0.29, 0.717) is 6.54 Å². The lowest BCUT2D eigenvalue weighted by Gasteiger charge is -1.99. The molecule has 0 saturated heterocycles. The molecule has 0 unspecified atom stereocenters. The minimum absolute atomic E-state index is 0.189. The summed E-state index contributed by atoms with van der Waals surface area (Å²) in [5, 5.41) is 5.73. The number of nitrogens with one attached hydrogen (secondary N) is 1. The summed E-state index contributed by atoms with van der Waals surface area (Å²) in [6, 6.07) is 0. The molecular formula is C6H9N3O3. The van der Waals surface area contributed by atoms with E-state index in [9.17, 15) is 9.59 Å². The lowest BCUT2D eigenvalue weighted by Crippen LogP contribution is -2.19. The number of aromatic nitrogens is 3. The Morgan fingerprint density at radius 1 is 1.83 bits per heavy atom. The molecule has 1 aromatic rings. The maximum atomic E-state index is 10.8. The van der Waals surface area contributed by atoms with Crippen LogP contribution < -0.4 is 5.69 Å². The fraction of sp³-hybridized carbons (Fsp3) is 0.500. The van der Waals surface area contributed by atoms with Gasteiger partial charge < -0.3 is 4.74 Å². The smallest absolute Gasteiger partial charge is 0.343 e. The lowest BCUT2D eigenvalue weighted by molar-refractivity contribution is -0.141. The molecule has 1 N–H and O–H groups in total. The van der Waals surface area contributed by atoms with Crippen LogP contribution in [0, 0.1) is 0 Å². The molecule has 1 rings (SSSR count). The van der Waals surface area contributed by atoms with Crippen molar-refractivity contribution in [2.45, 2.75) is 13.5 Å². The highest BCUT2D eigenvalue weighted by atomic mass is 16.5. The number of carbonyl (C=O) groups is 1. The molecule has 0 bridgehead atoms. The van der Waals surface area contributed by atoms with Gasteiger partial charge in [0.1, 0.15) is 12.9 Å². The third kappa shape index (κ3) is 2.22. The number of hydrogen-bond acceptors (Lipinski definition) is 4. The summed E-state index contributed by atoms with van der Waals surface area (Å²) in [6.07, 6.45) is 1.35. The summed E-state index contributed by atoms with van der Waals surface area (Å²) in [7, 11) is 0. The molecule has 0 aliphatic carbocycles. The summed E-state index contributed by atoms with van der Waals surface area (Å²) in [5.74, 6) is -0.355. The van der Waals surface area contributed by atoms with Crippen LogP contribution in [0.2, 0.25) is 0 Å². The minimum Gasteiger partial charge on any atom is -0.464 e. The maximum Gasteiger partial charge on any atom is 0.343 e. The van der Waals surface area contributed by atoms with Crippen molar-refractivity contribution in [3.05, 3.63) is 16.8 Å². The number of hydrogen-bond donors (Lipinski definition) is 1. The van der Waals surface area contributed by atoms with Gasteiger partial charge >= 0.3 is 11.7 Å². The topological polar surface area (TPSA) is 77.0 Å². The van der Waals surface area contributed by atoms with E-state index in [-0.39, 0.29) is 18.3 Å². The summed E-state index contributed by atoms with van der Waals surface area (Å²) >= 11 is 0. The SMILES string of the molecule is CC(=O)OCCn1cn[nH]c1=O.